The van der Waals surface area contributed by atoms with Crippen molar-refractivity contribution in [3.8, 4) is 0 Å². The number of hydrogen-bond acceptors (Lipinski definition) is 3. The molecule has 13 heavy (non-hydrogen) atoms. The highest BCUT2D eigenvalue weighted by Crippen LogP contribution is 2.04. The Bertz CT molecular complexity index is 224. The fourth-order valence-corrected chi connectivity index (χ4v) is 2.07. The smallest absolute Gasteiger partial charge is 0.274 e. The lowest BCUT2D eigenvalue weighted by Gasteiger charge is -2.12. The van der Waals surface area contributed by atoms with Gasteiger partial charge in [0.1, 0.15) is 0 Å². The average Bonchev–Trinajstić information content (AvgIpc) is 2.12. The third-order valence-corrected chi connectivity index (χ3v) is 2.57. The zero-order chi connectivity index (χ0) is 9.03. The summed E-state index contributed by atoms with van der Waals surface area (Å²) in [5, 5.41) is 8.05. The van der Waals surface area contributed by atoms with Gasteiger partial charge in [0.15, 0.2) is 0 Å². The zero-order valence-corrected chi connectivity index (χ0v) is 8.96. The van der Waals surface area contributed by atoms with E-state index in [9.17, 15) is 8.42 Å². The van der Waals surface area contributed by atoms with Crippen LogP contribution in [0, 0.1) is 0 Å². The molecule has 4 N–H and O–H groups in total. The fraction of sp³-hybridized carbons (Fsp3) is 1.00. The van der Waals surface area contributed by atoms with Gasteiger partial charge >= 0.3 is 0 Å². The Balaban J connectivity index is 0.00000144. The predicted octanol–water partition coefficient (Wildman–Crippen LogP) is -0.657. The van der Waals surface area contributed by atoms with Gasteiger partial charge in [0.25, 0.3) is 10.2 Å². The van der Waals surface area contributed by atoms with Gasteiger partial charge in [-0.05, 0) is 32.4 Å². The molecule has 0 aromatic heterocycles. The molecule has 0 aromatic carbocycles. The highest BCUT2D eigenvalue weighted by Gasteiger charge is 2.15. The van der Waals surface area contributed by atoms with Crippen LogP contribution in [0.4, 0.5) is 0 Å². The first-order chi connectivity index (χ1) is 5.58. The van der Waals surface area contributed by atoms with Crippen molar-refractivity contribution in [2.45, 2.75) is 25.3 Å². The largest absolute Gasteiger partial charge is 0.317 e. The molecule has 1 aliphatic rings. The molecule has 0 bridgehead atoms. The molecule has 1 heterocycles. The molecule has 7 heteroatoms. The summed E-state index contributed by atoms with van der Waals surface area (Å²) in [6, 6.07) is 0.00926. The molecule has 1 unspecified atom stereocenters. The summed E-state index contributed by atoms with van der Waals surface area (Å²) in [6.07, 6.45) is 2.67. The van der Waals surface area contributed by atoms with Gasteiger partial charge in [0.2, 0.25) is 0 Å². The van der Waals surface area contributed by atoms with Gasteiger partial charge in [-0.2, -0.15) is 13.1 Å². The number of halogens is 1. The minimum Gasteiger partial charge on any atom is -0.317 e. The molecule has 0 radical (unpaired) electrons. The van der Waals surface area contributed by atoms with Crippen LogP contribution in [0.5, 0.6) is 0 Å². The SMILES string of the molecule is Cl.NS(=O)(=O)NC1CCCNCC1. The summed E-state index contributed by atoms with van der Waals surface area (Å²) in [4.78, 5) is 0. The summed E-state index contributed by atoms with van der Waals surface area (Å²) in [5.41, 5.74) is 0. The first-order valence-electron chi connectivity index (χ1n) is 4.09. The van der Waals surface area contributed by atoms with E-state index < -0.39 is 10.2 Å². The zero-order valence-electron chi connectivity index (χ0n) is 7.32. The van der Waals surface area contributed by atoms with E-state index in [0.717, 1.165) is 32.4 Å². The Morgan fingerprint density at radius 3 is 2.62 bits per heavy atom. The number of nitrogens with two attached hydrogens (primary N) is 1. The molecule has 80 valence electrons. The lowest BCUT2D eigenvalue weighted by molar-refractivity contribution is 0.519. The van der Waals surface area contributed by atoms with Crippen LogP contribution in [0.3, 0.4) is 0 Å². The Hall–Kier alpha value is 0.120. The molecule has 5 nitrogen and oxygen atoms in total. The van der Waals surface area contributed by atoms with Crippen molar-refractivity contribution in [1.82, 2.24) is 10.0 Å². The fourth-order valence-electron chi connectivity index (χ4n) is 1.37. The van der Waals surface area contributed by atoms with E-state index in [1.54, 1.807) is 0 Å². The number of nitrogens with one attached hydrogen (secondary N) is 2. The van der Waals surface area contributed by atoms with Gasteiger partial charge < -0.3 is 5.32 Å². The van der Waals surface area contributed by atoms with Crippen molar-refractivity contribution in [3.05, 3.63) is 0 Å². The van der Waals surface area contributed by atoms with Crippen molar-refractivity contribution < 1.29 is 8.42 Å². The lowest BCUT2D eigenvalue weighted by atomic mass is 10.1. The van der Waals surface area contributed by atoms with Crippen LogP contribution in [0.2, 0.25) is 0 Å². The first kappa shape index (κ1) is 13.1. The van der Waals surface area contributed by atoms with E-state index in [2.05, 4.69) is 10.0 Å². The Morgan fingerprint density at radius 2 is 2.00 bits per heavy atom. The highest BCUT2D eigenvalue weighted by atomic mass is 35.5. The van der Waals surface area contributed by atoms with Crippen LogP contribution in [0.15, 0.2) is 0 Å². The van der Waals surface area contributed by atoms with Crippen molar-refractivity contribution in [1.29, 1.82) is 0 Å². The summed E-state index contributed by atoms with van der Waals surface area (Å²) in [5.74, 6) is 0. The third-order valence-electron chi connectivity index (χ3n) is 1.91. The number of hydrogen-bond donors (Lipinski definition) is 3. The Kier molecular flexibility index (Phi) is 5.82. The lowest BCUT2D eigenvalue weighted by Crippen LogP contribution is -2.39. The maximum absolute atomic E-state index is 10.7. The van der Waals surface area contributed by atoms with Crippen LogP contribution in [0.1, 0.15) is 19.3 Å². The topological polar surface area (TPSA) is 84.2 Å². The molecule has 1 saturated heterocycles. The second-order valence-corrected chi connectivity index (χ2v) is 4.37. The standard InChI is InChI=1S/C6H15N3O2S.ClH/c7-12(10,11)9-6-2-1-4-8-5-3-6;/h6,8-9H,1-5H2,(H2,7,10,11);1H. The molecule has 1 rings (SSSR count). The van der Waals surface area contributed by atoms with Gasteiger partial charge in [-0.3, -0.25) is 0 Å². The predicted molar refractivity (Wildman–Crippen MR) is 54.0 cm³/mol. The van der Waals surface area contributed by atoms with Gasteiger partial charge in [-0.25, -0.2) is 5.14 Å². The van der Waals surface area contributed by atoms with Gasteiger partial charge in [-0.1, -0.05) is 0 Å². The maximum Gasteiger partial charge on any atom is 0.274 e. The monoisotopic (exact) mass is 229 g/mol. The van der Waals surface area contributed by atoms with Gasteiger partial charge in [0.05, 0.1) is 0 Å². The van der Waals surface area contributed by atoms with Crippen LogP contribution >= 0.6 is 12.4 Å². The Morgan fingerprint density at radius 1 is 1.31 bits per heavy atom. The normalized spacial score (nSPS) is 24.5. The second-order valence-electron chi connectivity index (χ2n) is 3.04. The molecule has 0 aliphatic carbocycles. The second kappa shape index (κ2) is 5.77. The van der Waals surface area contributed by atoms with E-state index >= 15 is 0 Å². The van der Waals surface area contributed by atoms with E-state index in [-0.39, 0.29) is 18.4 Å². The van der Waals surface area contributed by atoms with Gasteiger partial charge in [-0.15, -0.1) is 12.4 Å². The van der Waals surface area contributed by atoms with Crippen LogP contribution in [-0.2, 0) is 10.2 Å². The number of rotatable bonds is 2. The summed E-state index contributed by atoms with van der Waals surface area (Å²) in [6.45, 7) is 1.82. The highest BCUT2D eigenvalue weighted by molar-refractivity contribution is 7.87. The first-order valence-corrected chi connectivity index (χ1v) is 5.63. The van der Waals surface area contributed by atoms with Crippen molar-refractivity contribution in [3.63, 3.8) is 0 Å². The van der Waals surface area contributed by atoms with Crippen molar-refractivity contribution in [2.75, 3.05) is 13.1 Å². The minimum atomic E-state index is -3.52. The third kappa shape index (κ3) is 6.23. The quantitative estimate of drug-likeness (QED) is 0.588. The summed E-state index contributed by atoms with van der Waals surface area (Å²) < 4.78 is 23.7. The maximum atomic E-state index is 10.7. The molecule has 1 fully saturated rings. The summed E-state index contributed by atoms with van der Waals surface area (Å²) >= 11 is 0. The molecule has 1 atom stereocenters. The van der Waals surface area contributed by atoms with Crippen LogP contribution < -0.4 is 15.2 Å². The average molecular weight is 230 g/mol. The van der Waals surface area contributed by atoms with Gasteiger partial charge in [0, 0.05) is 6.04 Å². The molecule has 0 amide bonds. The molecular formula is C6H16ClN3O2S. The van der Waals surface area contributed by atoms with Crippen molar-refractivity contribution >= 4 is 22.6 Å². The molecule has 0 spiro atoms. The van der Waals surface area contributed by atoms with Crippen LogP contribution in [0.25, 0.3) is 0 Å². The Labute approximate surface area is 85.0 Å². The molecule has 0 saturated carbocycles. The molecule has 1 aliphatic heterocycles. The minimum absolute atomic E-state index is 0. The van der Waals surface area contributed by atoms with E-state index in [1.165, 1.54) is 0 Å². The molecular weight excluding hydrogens is 214 g/mol. The van der Waals surface area contributed by atoms with E-state index in [0.29, 0.717) is 0 Å². The van der Waals surface area contributed by atoms with E-state index in [4.69, 9.17) is 5.14 Å². The van der Waals surface area contributed by atoms with E-state index in [1.807, 2.05) is 0 Å². The van der Waals surface area contributed by atoms with Crippen molar-refractivity contribution in [2.24, 2.45) is 5.14 Å². The molecule has 0 aromatic rings. The summed E-state index contributed by atoms with van der Waals surface area (Å²) in [7, 11) is -3.52. The van der Waals surface area contributed by atoms with Crippen LogP contribution in [-0.4, -0.2) is 27.5 Å².